The van der Waals surface area contributed by atoms with Crippen LogP contribution < -0.4 is 11.1 Å². The molecule has 1 saturated heterocycles. The number of hydrogen-bond donors (Lipinski definition) is 2. The number of amides is 1. The van der Waals surface area contributed by atoms with Crippen LogP contribution in [-0.4, -0.2) is 67.0 Å². The lowest BCUT2D eigenvalue weighted by molar-refractivity contribution is 0.1000. The third-order valence-corrected chi connectivity index (χ3v) is 3.55. The second-order valence-corrected chi connectivity index (χ2v) is 5.07. The number of rotatable bonds is 4. The highest BCUT2D eigenvalue weighted by atomic mass is 16.1. The van der Waals surface area contributed by atoms with E-state index in [-0.39, 0.29) is 0 Å². The maximum absolute atomic E-state index is 10.9. The average Bonchev–Trinajstić information content (AvgIpc) is 2.40. The highest BCUT2D eigenvalue weighted by Gasteiger charge is 2.21. The molecule has 19 heavy (non-hydrogen) atoms. The van der Waals surface area contributed by atoms with Crippen LogP contribution in [0.4, 0.5) is 5.82 Å². The molecule has 3 N–H and O–H groups in total. The quantitative estimate of drug-likeness (QED) is 0.789. The van der Waals surface area contributed by atoms with Crippen molar-refractivity contribution in [1.29, 1.82) is 0 Å². The number of likely N-dealkylation sites (N-methyl/N-ethyl adjacent to an activating group) is 2. The summed E-state index contributed by atoms with van der Waals surface area (Å²) in [5.41, 5.74) is 5.61. The lowest BCUT2D eigenvalue weighted by Crippen LogP contribution is -2.52. The van der Waals surface area contributed by atoms with Gasteiger partial charge in [0.1, 0.15) is 5.82 Å². The maximum Gasteiger partial charge on any atom is 0.250 e. The van der Waals surface area contributed by atoms with E-state index in [1.165, 1.54) is 6.20 Å². The Hall–Kier alpha value is -1.66. The molecule has 2 rings (SSSR count). The minimum absolute atomic E-state index is 0.431. The Balaban J connectivity index is 1.89. The fourth-order valence-electron chi connectivity index (χ4n) is 2.19. The molecule has 1 aromatic heterocycles. The van der Waals surface area contributed by atoms with Gasteiger partial charge in [-0.1, -0.05) is 0 Å². The van der Waals surface area contributed by atoms with Crippen LogP contribution in [0, 0.1) is 0 Å². The van der Waals surface area contributed by atoms with E-state index in [9.17, 15) is 4.79 Å². The molecule has 1 atom stereocenters. The molecule has 1 aliphatic heterocycles. The summed E-state index contributed by atoms with van der Waals surface area (Å²) < 4.78 is 0. The topological polar surface area (TPSA) is 74.5 Å². The van der Waals surface area contributed by atoms with Crippen LogP contribution in [0.2, 0.25) is 0 Å². The fourth-order valence-corrected chi connectivity index (χ4v) is 2.19. The van der Waals surface area contributed by atoms with Crippen LogP contribution >= 0.6 is 0 Å². The highest BCUT2D eigenvalue weighted by Crippen LogP contribution is 2.09. The molecule has 6 heteroatoms. The maximum atomic E-state index is 10.9. The van der Waals surface area contributed by atoms with Crippen molar-refractivity contribution in [2.75, 3.05) is 45.6 Å². The molecule has 104 valence electrons. The molecular weight excluding hydrogens is 242 g/mol. The average molecular weight is 263 g/mol. The summed E-state index contributed by atoms with van der Waals surface area (Å²) in [7, 11) is 4.28. The number of carbonyl (C=O) groups is 1. The summed E-state index contributed by atoms with van der Waals surface area (Å²) in [5, 5.41) is 3.30. The van der Waals surface area contributed by atoms with Crippen LogP contribution in [0.3, 0.4) is 0 Å². The molecular formula is C13H21N5O. The predicted molar refractivity (Wildman–Crippen MR) is 75.2 cm³/mol. The number of hydrogen-bond acceptors (Lipinski definition) is 5. The Bertz CT molecular complexity index is 433. The van der Waals surface area contributed by atoms with E-state index in [2.05, 4.69) is 34.2 Å². The molecule has 0 spiro atoms. The van der Waals surface area contributed by atoms with E-state index in [0.717, 1.165) is 32.0 Å². The lowest BCUT2D eigenvalue weighted by atomic mass is 10.2. The number of anilines is 1. The summed E-state index contributed by atoms with van der Waals surface area (Å²) in [5.74, 6) is 0.319. The minimum atomic E-state index is -0.451. The molecule has 1 aliphatic rings. The third kappa shape index (κ3) is 3.65. The van der Waals surface area contributed by atoms with E-state index in [4.69, 9.17) is 5.73 Å². The minimum Gasteiger partial charge on any atom is -0.368 e. The molecule has 1 aromatic rings. The van der Waals surface area contributed by atoms with Gasteiger partial charge in [-0.3, -0.25) is 9.69 Å². The Morgan fingerprint density at radius 2 is 2.26 bits per heavy atom. The number of nitrogens with one attached hydrogen (secondary N) is 1. The van der Waals surface area contributed by atoms with Crippen molar-refractivity contribution in [3.8, 4) is 0 Å². The number of aromatic nitrogens is 1. The van der Waals surface area contributed by atoms with Crippen molar-refractivity contribution >= 4 is 11.7 Å². The van der Waals surface area contributed by atoms with Crippen LogP contribution in [0.25, 0.3) is 0 Å². The number of piperazine rings is 1. The first-order valence-electron chi connectivity index (χ1n) is 6.45. The van der Waals surface area contributed by atoms with Crippen molar-refractivity contribution in [1.82, 2.24) is 14.8 Å². The van der Waals surface area contributed by atoms with Gasteiger partial charge in [0.2, 0.25) is 5.91 Å². The first-order valence-corrected chi connectivity index (χ1v) is 6.45. The van der Waals surface area contributed by atoms with Gasteiger partial charge >= 0.3 is 0 Å². The first-order chi connectivity index (χ1) is 9.06. The van der Waals surface area contributed by atoms with E-state index < -0.39 is 5.91 Å². The molecule has 6 nitrogen and oxygen atoms in total. The molecule has 0 bridgehead atoms. The molecule has 0 aromatic carbocycles. The van der Waals surface area contributed by atoms with Gasteiger partial charge in [-0.05, 0) is 26.2 Å². The molecule has 2 heterocycles. The number of nitrogens with two attached hydrogens (primary N) is 1. The van der Waals surface area contributed by atoms with E-state index in [1.54, 1.807) is 12.1 Å². The van der Waals surface area contributed by atoms with E-state index in [1.807, 2.05) is 0 Å². The van der Waals surface area contributed by atoms with Gasteiger partial charge in [0.25, 0.3) is 0 Å². The van der Waals surface area contributed by atoms with Crippen molar-refractivity contribution in [2.45, 2.75) is 6.04 Å². The van der Waals surface area contributed by atoms with Crippen molar-refractivity contribution in [3.05, 3.63) is 23.9 Å². The van der Waals surface area contributed by atoms with Gasteiger partial charge in [0.05, 0.1) is 5.56 Å². The zero-order valence-electron chi connectivity index (χ0n) is 11.5. The monoisotopic (exact) mass is 263 g/mol. The van der Waals surface area contributed by atoms with Crippen LogP contribution in [0.5, 0.6) is 0 Å². The SMILES string of the molecule is CN1CCN(C)C(CNc2ccc(C(N)=O)cn2)C1. The summed E-state index contributed by atoms with van der Waals surface area (Å²) in [6.07, 6.45) is 1.50. The van der Waals surface area contributed by atoms with Gasteiger partial charge < -0.3 is 16.0 Å². The van der Waals surface area contributed by atoms with Gasteiger partial charge in [-0.25, -0.2) is 4.98 Å². The van der Waals surface area contributed by atoms with Crippen molar-refractivity contribution in [2.24, 2.45) is 5.73 Å². The van der Waals surface area contributed by atoms with Crippen LogP contribution in [-0.2, 0) is 0 Å². The van der Waals surface area contributed by atoms with Gasteiger partial charge in [-0.2, -0.15) is 0 Å². The normalized spacial score (nSPS) is 21.3. The predicted octanol–water partition coefficient (Wildman–Crippen LogP) is -0.162. The second-order valence-electron chi connectivity index (χ2n) is 5.07. The number of nitrogens with zero attached hydrogens (tertiary/aromatic N) is 3. The Morgan fingerprint density at radius 1 is 1.47 bits per heavy atom. The lowest BCUT2D eigenvalue weighted by Gasteiger charge is -2.37. The third-order valence-electron chi connectivity index (χ3n) is 3.55. The number of primary amides is 1. The van der Waals surface area contributed by atoms with E-state index in [0.29, 0.717) is 11.6 Å². The number of pyridine rings is 1. The standard InChI is InChI=1S/C13H21N5O/c1-17-5-6-18(2)11(9-17)8-16-12-4-3-10(7-15-12)13(14)19/h3-4,7,11H,5-6,8-9H2,1-2H3,(H2,14,19)(H,15,16). The summed E-state index contributed by atoms with van der Waals surface area (Å²) in [4.78, 5) is 19.8. The highest BCUT2D eigenvalue weighted by molar-refractivity contribution is 5.92. The van der Waals surface area contributed by atoms with Crippen molar-refractivity contribution < 1.29 is 4.79 Å². The molecule has 0 radical (unpaired) electrons. The largest absolute Gasteiger partial charge is 0.368 e. The van der Waals surface area contributed by atoms with E-state index >= 15 is 0 Å². The van der Waals surface area contributed by atoms with Crippen LogP contribution in [0.15, 0.2) is 18.3 Å². The molecule has 1 amide bonds. The number of carbonyl (C=O) groups excluding carboxylic acids is 1. The molecule has 0 aliphatic carbocycles. The Labute approximate surface area is 113 Å². The second kappa shape index (κ2) is 5.99. The molecule has 1 unspecified atom stereocenters. The zero-order chi connectivity index (χ0) is 13.8. The summed E-state index contributed by atoms with van der Waals surface area (Å²) in [6.45, 7) is 4.07. The summed E-state index contributed by atoms with van der Waals surface area (Å²) in [6, 6.07) is 3.94. The van der Waals surface area contributed by atoms with Crippen molar-refractivity contribution in [3.63, 3.8) is 0 Å². The molecule has 0 saturated carbocycles. The first kappa shape index (κ1) is 13.8. The Kier molecular flexibility index (Phi) is 4.34. The summed E-state index contributed by atoms with van der Waals surface area (Å²) >= 11 is 0. The van der Waals surface area contributed by atoms with Crippen LogP contribution in [0.1, 0.15) is 10.4 Å². The smallest absolute Gasteiger partial charge is 0.250 e. The fraction of sp³-hybridized carbons (Fsp3) is 0.538. The van der Waals surface area contributed by atoms with Gasteiger partial charge in [-0.15, -0.1) is 0 Å². The Morgan fingerprint density at radius 3 is 2.89 bits per heavy atom. The van der Waals surface area contributed by atoms with Gasteiger partial charge in [0.15, 0.2) is 0 Å². The molecule has 1 fully saturated rings. The van der Waals surface area contributed by atoms with Gasteiger partial charge in [0, 0.05) is 38.4 Å². The zero-order valence-corrected chi connectivity index (χ0v) is 11.5.